The molecule has 1 fully saturated rings. The molecule has 0 saturated heterocycles. The minimum Gasteiger partial charge on any atom is -0.340 e. The van der Waals surface area contributed by atoms with Crippen molar-refractivity contribution in [3.63, 3.8) is 0 Å². The largest absolute Gasteiger partial charge is 0.340 e. The van der Waals surface area contributed by atoms with Crippen LogP contribution in [0.4, 0.5) is 17.3 Å². The molecule has 0 radical (unpaired) electrons. The number of hydrogen-bond donors (Lipinski definition) is 1. The summed E-state index contributed by atoms with van der Waals surface area (Å²) in [5, 5.41) is 8.82. The lowest BCUT2D eigenvalue weighted by atomic mass is 10.1. The molecule has 1 N–H and O–H groups in total. The van der Waals surface area contributed by atoms with Crippen molar-refractivity contribution >= 4 is 40.5 Å². The Bertz CT molecular complexity index is 1500. The minimum absolute atomic E-state index is 0.320. The number of pyridine rings is 1. The van der Waals surface area contributed by atoms with Gasteiger partial charge >= 0.3 is 0 Å². The number of anilines is 3. The second kappa shape index (κ2) is 10.6. The van der Waals surface area contributed by atoms with E-state index in [4.69, 9.17) is 22.3 Å². The highest BCUT2D eigenvalue weighted by atomic mass is 32.1. The van der Waals surface area contributed by atoms with Gasteiger partial charge in [-0.1, -0.05) is 74.6 Å². The average Bonchev–Trinajstić information content (AvgIpc) is 3.68. The Labute approximate surface area is 235 Å². The third kappa shape index (κ3) is 4.48. The van der Waals surface area contributed by atoms with E-state index in [9.17, 15) is 0 Å². The molecule has 2 atom stereocenters. The van der Waals surface area contributed by atoms with Gasteiger partial charge in [0.2, 0.25) is 5.96 Å². The molecule has 7 nitrogen and oxygen atoms in total. The van der Waals surface area contributed by atoms with E-state index >= 15 is 0 Å². The molecule has 2 unspecified atom stereocenters. The van der Waals surface area contributed by atoms with Crippen LogP contribution in [0.2, 0.25) is 0 Å². The van der Waals surface area contributed by atoms with Crippen LogP contribution in [0.15, 0.2) is 84.0 Å². The molecule has 4 aromatic rings. The van der Waals surface area contributed by atoms with E-state index in [0.29, 0.717) is 18.6 Å². The third-order valence-corrected chi connectivity index (χ3v) is 8.01. The summed E-state index contributed by atoms with van der Waals surface area (Å²) in [6.45, 7) is 4.62. The van der Waals surface area contributed by atoms with Crippen molar-refractivity contribution < 1.29 is 0 Å². The molecule has 1 aliphatic carbocycles. The number of aromatic nitrogens is 3. The van der Waals surface area contributed by atoms with E-state index in [1.165, 1.54) is 6.42 Å². The summed E-state index contributed by atoms with van der Waals surface area (Å²) in [4.78, 5) is 14.7. The summed E-state index contributed by atoms with van der Waals surface area (Å²) in [5.74, 6) is 2.76. The van der Waals surface area contributed by atoms with Gasteiger partial charge in [-0.25, -0.2) is 9.67 Å². The first kappa shape index (κ1) is 25.2. The zero-order chi connectivity index (χ0) is 26.9. The highest BCUT2D eigenvalue weighted by Crippen LogP contribution is 2.43. The van der Waals surface area contributed by atoms with Crippen LogP contribution in [0.25, 0.3) is 11.3 Å². The number of nitrogens with zero attached hydrogens (tertiary/aromatic N) is 6. The molecule has 0 amide bonds. The van der Waals surface area contributed by atoms with Crippen LogP contribution in [0, 0.1) is 0 Å². The lowest BCUT2D eigenvalue weighted by molar-refractivity contribution is 0.619. The number of guanidine groups is 1. The standard InChI is InChI=1S/C29H27N7S.C2H6/c1-34-28(37)25-26(31-21-8-3-2-4-9-21)35(33-27(25)36-24-12-7-11-23(24)32-29(34)36)18-19-13-15-20(16-14-19)22-10-5-6-17-30-22;1-2/h2-6,8-10,13-17,23-24,31H,7,11-12,18H2,1H3;1-2H3. The Morgan fingerprint density at radius 2 is 1.72 bits per heavy atom. The van der Waals surface area contributed by atoms with Crippen LogP contribution < -0.4 is 10.2 Å². The van der Waals surface area contributed by atoms with Crippen molar-refractivity contribution in [3.05, 3.63) is 90.1 Å². The first-order valence-corrected chi connectivity index (χ1v) is 14.2. The van der Waals surface area contributed by atoms with Crippen molar-refractivity contribution in [2.24, 2.45) is 4.99 Å². The molecular weight excluding hydrogens is 502 g/mol. The second-order valence-electron chi connectivity index (χ2n) is 9.84. The van der Waals surface area contributed by atoms with Crippen LogP contribution in [-0.2, 0) is 6.54 Å². The maximum absolute atomic E-state index is 6.01. The molecule has 2 aromatic carbocycles. The monoisotopic (exact) mass is 535 g/mol. The fourth-order valence-corrected chi connectivity index (χ4v) is 5.96. The predicted molar refractivity (Wildman–Crippen MR) is 163 cm³/mol. The Kier molecular flexibility index (Phi) is 6.87. The SMILES string of the molecule is CC.CN1C(=S)c2c(nn(Cc3ccc(-c4ccccn4)cc3)c2Nc2ccccc2)N2C1=NC1CCCC12. The van der Waals surface area contributed by atoms with Gasteiger partial charge in [-0.05, 0) is 49.1 Å². The lowest BCUT2D eigenvalue weighted by Gasteiger charge is -2.35. The maximum Gasteiger partial charge on any atom is 0.208 e. The van der Waals surface area contributed by atoms with Gasteiger partial charge in [-0.15, -0.1) is 0 Å². The molecule has 1 saturated carbocycles. The van der Waals surface area contributed by atoms with Crippen molar-refractivity contribution in [1.82, 2.24) is 19.7 Å². The number of aliphatic imine (C=N–C) groups is 1. The van der Waals surface area contributed by atoms with Crippen LogP contribution in [-0.4, -0.2) is 49.7 Å². The third-order valence-electron chi connectivity index (χ3n) is 7.54. The van der Waals surface area contributed by atoms with Crippen molar-refractivity contribution in [2.75, 3.05) is 17.3 Å². The van der Waals surface area contributed by atoms with Crippen LogP contribution in [0.5, 0.6) is 0 Å². The molecule has 2 aliphatic heterocycles. The molecule has 0 spiro atoms. The molecule has 2 aromatic heterocycles. The summed E-state index contributed by atoms with van der Waals surface area (Å²) in [5.41, 5.74) is 5.19. The van der Waals surface area contributed by atoms with Crippen LogP contribution in [0.3, 0.4) is 0 Å². The van der Waals surface area contributed by atoms with Gasteiger partial charge in [0.1, 0.15) is 10.8 Å². The Balaban J connectivity index is 0.00000135. The Hall–Kier alpha value is -4.04. The molecule has 3 aliphatic rings. The van der Waals surface area contributed by atoms with Crippen molar-refractivity contribution in [1.29, 1.82) is 0 Å². The van der Waals surface area contributed by atoms with E-state index in [-0.39, 0.29) is 0 Å². The van der Waals surface area contributed by atoms with E-state index in [1.54, 1.807) is 0 Å². The number of para-hydroxylation sites is 1. The zero-order valence-electron chi connectivity index (χ0n) is 22.6. The molecule has 198 valence electrons. The maximum atomic E-state index is 6.01. The highest BCUT2D eigenvalue weighted by molar-refractivity contribution is 7.80. The quantitative estimate of drug-likeness (QED) is 0.295. The number of thiocarbonyl (C=S) groups is 1. The van der Waals surface area contributed by atoms with Gasteiger partial charge in [0.25, 0.3) is 0 Å². The summed E-state index contributed by atoms with van der Waals surface area (Å²) in [6, 6.07) is 25.4. The van der Waals surface area contributed by atoms with E-state index in [0.717, 1.165) is 63.5 Å². The van der Waals surface area contributed by atoms with Gasteiger partial charge < -0.3 is 10.2 Å². The topological polar surface area (TPSA) is 61.6 Å². The van der Waals surface area contributed by atoms with E-state index < -0.39 is 0 Å². The smallest absolute Gasteiger partial charge is 0.208 e. The number of nitrogens with one attached hydrogen (secondary N) is 1. The normalized spacial score (nSPS) is 19.1. The number of fused-ring (bicyclic) bond motifs is 5. The molecule has 39 heavy (non-hydrogen) atoms. The van der Waals surface area contributed by atoms with Crippen LogP contribution >= 0.6 is 12.2 Å². The van der Waals surface area contributed by atoms with Crippen molar-refractivity contribution in [3.8, 4) is 11.3 Å². The Morgan fingerprint density at radius 1 is 0.949 bits per heavy atom. The first-order chi connectivity index (χ1) is 19.2. The van der Waals surface area contributed by atoms with Gasteiger partial charge in [0.15, 0.2) is 5.82 Å². The van der Waals surface area contributed by atoms with Crippen molar-refractivity contribution in [2.45, 2.75) is 51.7 Å². The van der Waals surface area contributed by atoms with Gasteiger partial charge in [0.05, 0.1) is 29.9 Å². The molecule has 8 heteroatoms. The van der Waals surface area contributed by atoms with Gasteiger partial charge in [-0.2, -0.15) is 5.10 Å². The van der Waals surface area contributed by atoms with Gasteiger partial charge in [-0.3, -0.25) is 9.88 Å². The van der Waals surface area contributed by atoms with Gasteiger partial charge in [0, 0.05) is 24.5 Å². The molecule has 0 bridgehead atoms. The summed E-state index contributed by atoms with van der Waals surface area (Å²) < 4.78 is 2.05. The minimum atomic E-state index is 0.320. The first-order valence-electron chi connectivity index (χ1n) is 13.8. The Morgan fingerprint density at radius 3 is 2.46 bits per heavy atom. The van der Waals surface area contributed by atoms with E-state index in [1.807, 2.05) is 63.5 Å². The predicted octanol–water partition coefficient (Wildman–Crippen LogP) is 6.48. The number of rotatable bonds is 5. The second-order valence-corrected chi connectivity index (χ2v) is 10.2. The fraction of sp³-hybridized carbons (Fsp3) is 0.290. The van der Waals surface area contributed by atoms with E-state index in [2.05, 4.69) is 61.2 Å². The number of hydrogen-bond acceptors (Lipinski definition) is 6. The molecule has 4 heterocycles. The summed E-state index contributed by atoms with van der Waals surface area (Å²) in [6.07, 6.45) is 5.27. The zero-order valence-corrected chi connectivity index (χ0v) is 23.4. The number of benzene rings is 2. The highest BCUT2D eigenvalue weighted by Gasteiger charge is 2.48. The lowest BCUT2D eigenvalue weighted by Crippen LogP contribution is -2.51. The molecular formula is C31H33N7S. The van der Waals surface area contributed by atoms with Crippen LogP contribution in [0.1, 0.15) is 44.2 Å². The molecule has 7 rings (SSSR count). The summed E-state index contributed by atoms with van der Waals surface area (Å²) >= 11 is 6.01. The average molecular weight is 536 g/mol. The summed E-state index contributed by atoms with van der Waals surface area (Å²) in [7, 11) is 2.03. The fourth-order valence-electron chi connectivity index (χ4n) is 5.69.